The number of para-hydroxylation sites is 1. The van der Waals surface area contributed by atoms with Crippen LogP contribution in [0, 0.1) is 0 Å². The molecule has 2 heteroatoms. The van der Waals surface area contributed by atoms with Crippen LogP contribution >= 0.6 is 0 Å². The van der Waals surface area contributed by atoms with Crippen LogP contribution in [0.4, 0.5) is 17.1 Å². The van der Waals surface area contributed by atoms with Crippen LogP contribution in [-0.2, 0) is 10.8 Å². The molecule has 0 atom stereocenters. The van der Waals surface area contributed by atoms with Gasteiger partial charge in [-0.25, -0.2) is 0 Å². The van der Waals surface area contributed by atoms with Crippen LogP contribution in [-0.4, -0.2) is 4.57 Å². The fourth-order valence-electron chi connectivity index (χ4n) is 13.3. The number of fused-ring (bicyclic) bond motifs is 16. The Bertz CT molecular complexity index is 4110. The summed E-state index contributed by atoms with van der Waals surface area (Å²) < 4.78 is 2.48. The van der Waals surface area contributed by atoms with Gasteiger partial charge >= 0.3 is 0 Å². The monoisotopic (exact) mass is 916 g/mol. The summed E-state index contributed by atoms with van der Waals surface area (Å²) in [6, 6.07) is 95.1. The zero-order valence-corrected chi connectivity index (χ0v) is 40.1. The quantitative estimate of drug-likeness (QED) is 0.161. The fourth-order valence-corrected chi connectivity index (χ4v) is 13.3. The van der Waals surface area contributed by atoms with E-state index in [2.05, 4.69) is 278 Å². The standard InChI is InChI=1S/C70H48N2/c1-69(2)58-28-13-9-25-54(58)56-43-57-66(44-63(56)69)72(48-21-7-4-8-22-48)64-33-17-27-51(67(57)64)47-37-41-50(42-38-47)71(49-39-35-46(36-40-49)45-19-5-3-6-20-45)65-34-18-32-62-68(65)55-26-12-16-31-61(55)70(62)59-29-14-10-23-52(59)53-24-11-15-30-60(53)70/h3-44H,1-2H3. The third kappa shape index (κ3) is 5.55. The van der Waals surface area contributed by atoms with E-state index in [0.29, 0.717) is 0 Å². The average molecular weight is 917 g/mol. The summed E-state index contributed by atoms with van der Waals surface area (Å²) in [4.78, 5) is 2.49. The maximum absolute atomic E-state index is 2.49. The molecule has 0 bridgehead atoms. The lowest BCUT2D eigenvalue weighted by molar-refractivity contribution is 0.661. The maximum Gasteiger partial charge on any atom is 0.0726 e. The molecular weight excluding hydrogens is 869 g/mol. The van der Waals surface area contributed by atoms with E-state index in [1.165, 1.54) is 111 Å². The van der Waals surface area contributed by atoms with Gasteiger partial charge in [0.25, 0.3) is 0 Å². The van der Waals surface area contributed by atoms with Gasteiger partial charge in [-0.05, 0) is 144 Å². The van der Waals surface area contributed by atoms with Crippen molar-refractivity contribution in [1.29, 1.82) is 0 Å². The van der Waals surface area contributed by atoms with Crippen molar-refractivity contribution < 1.29 is 0 Å². The molecule has 0 fully saturated rings. The summed E-state index contributed by atoms with van der Waals surface area (Å²) >= 11 is 0. The van der Waals surface area contributed by atoms with Gasteiger partial charge in [-0.3, -0.25) is 0 Å². The first-order valence-electron chi connectivity index (χ1n) is 25.3. The van der Waals surface area contributed by atoms with Gasteiger partial charge in [0, 0.05) is 38.8 Å². The number of hydrogen-bond donors (Lipinski definition) is 0. The molecule has 1 spiro atoms. The van der Waals surface area contributed by atoms with Gasteiger partial charge in [-0.2, -0.15) is 0 Å². The predicted octanol–water partition coefficient (Wildman–Crippen LogP) is 18.2. The van der Waals surface area contributed by atoms with Crippen molar-refractivity contribution in [3.05, 3.63) is 288 Å². The largest absolute Gasteiger partial charge is 0.310 e. The molecule has 3 aliphatic carbocycles. The third-order valence-electron chi connectivity index (χ3n) is 16.4. The van der Waals surface area contributed by atoms with E-state index in [1.54, 1.807) is 0 Å². The molecule has 0 aliphatic heterocycles. The van der Waals surface area contributed by atoms with Crippen molar-refractivity contribution in [3.8, 4) is 61.3 Å². The van der Waals surface area contributed by atoms with E-state index < -0.39 is 5.41 Å². The van der Waals surface area contributed by atoms with E-state index in [9.17, 15) is 0 Å². The second kappa shape index (κ2) is 15.3. The Labute approximate surface area is 420 Å². The van der Waals surface area contributed by atoms with Crippen molar-refractivity contribution >= 4 is 38.9 Å². The molecule has 1 heterocycles. The molecule has 15 rings (SSSR count). The summed E-state index contributed by atoms with van der Waals surface area (Å²) in [5.41, 5.74) is 27.1. The van der Waals surface area contributed by atoms with Gasteiger partial charge in [0.15, 0.2) is 0 Å². The summed E-state index contributed by atoms with van der Waals surface area (Å²) in [7, 11) is 0. The van der Waals surface area contributed by atoms with Crippen LogP contribution < -0.4 is 4.90 Å². The summed E-state index contributed by atoms with van der Waals surface area (Å²) in [6.45, 7) is 4.75. The number of aromatic nitrogens is 1. The molecule has 0 amide bonds. The Morgan fingerprint density at radius 1 is 0.333 bits per heavy atom. The van der Waals surface area contributed by atoms with Crippen LogP contribution in [0.15, 0.2) is 255 Å². The van der Waals surface area contributed by atoms with Crippen molar-refractivity contribution in [3.63, 3.8) is 0 Å². The Morgan fingerprint density at radius 2 is 0.819 bits per heavy atom. The lowest BCUT2D eigenvalue weighted by Crippen LogP contribution is -2.26. The molecule has 2 nitrogen and oxygen atoms in total. The second-order valence-electron chi connectivity index (χ2n) is 20.3. The number of hydrogen-bond acceptors (Lipinski definition) is 1. The van der Waals surface area contributed by atoms with Crippen molar-refractivity contribution in [2.45, 2.75) is 24.7 Å². The molecule has 1 aromatic heterocycles. The zero-order valence-electron chi connectivity index (χ0n) is 40.1. The lowest BCUT2D eigenvalue weighted by atomic mass is 9.70. The molecule has 12 aromatic rings. The van der Waals surface area contributed by atoms with Crippen LogP contribution in [0.3, 0.4) is 0 Å². The summed E-state index contributed by atoms with van der Waals surface area (Å²) in [5, 5.41) is 2.53. The third-order valence-corrected chi connectivity index (χ3v) is 16.4. The highest BCUT2D eigenvalue weighted by atomic mass is 15.1. The lowest BCUT2D eigenvalue weighted by Gasteiger charge is -2.32. The Balaban J connectivity index is 0.939. The van der Waals surface area contributed by atoms with Crippen LogP contribution in [0.25, 0.3) is 83.1 Å². The van der Waals surface area contributed by atoms with Crippen molar-refractivity contribution in [2.24, 2.45) is 0 Å². The van der Waals surface area contributed by atoms with Crippen LogP contribution in [0.1, 0.15) is 47.2 Å². The van der Waals surface area contributed by atoms with Gasteiger partial charge in [0.05, 0.1) is 22.1 Å². The van der Waals surface area contributed by atoms with E-state index >= 15 is 0 Å². The maximum atomic E-state index is 2.49. The molecule has 0 saturated heterocycles. The topological polar surface area (TPSA) is 8.17 Å². The average Bonchev–Trinajstić information content (AvgIpc) is 4.12. The molecule has 0 saturated carbocycles. The first-order valence-corrected chi connectivity index (χ1v) is 25.3. The zero-order chi connectivity index (χ0) is 47.7. The Kier molecular flexibility index (Phi) is 8.66. The smallest absolute Gasteiger partial charge is 0.0726 e. The molecule has 0 N–H and O–H groups in total. The highest BCUT2D eigenvalue weighted by Gasteiger charge is 2.52. The van der Waals surface area contributed by atoms with Gasteiger partial charge in [0.2, 0.25) is 0 Å². The van der Waals surface area contributed by atoms with E-state index in [-0.39, 0.29) is 5.41 Å². The van der Waals surface area contributed by atoms with Gasteiger partial charge in [0.1, 0.15) is 0 Å². The normalized spacial score (nSPS) is 13.9. The highest BCUT2D eigenvalue weighted by molar-refractivity contribution is 6.17. The van der Waals surface area contributed by atoms with Crippen LogP contribution in [0.2, 0.25) is 0 Å². The molecular formula is C70H48N2. The van der Waals surface area contributed by atoms with Gasteiger partial charge in [-0.1, -0.05) is 208 Å². The van der Waals surface area contributed by atoms with Gasteiger partial charge < -0.3 is 9.47 Å². The number of benzene rings is 11. The summed E-state index contributed by atoms with van der Waals surface area (Å²) in [6.07, 6.45) is 0. The molecule has 0 unspecified atom stereocenters. The van der Waals surface area contributed by atoms with Crippen molar-refractivity contribution in [1.82, 2.24) is 4.57 Å². The Hall–Kier alpha value is -8.98. The van der Waals surface area contributed by atoms with E-state index in [1.807, 2.05) is 0 Å². The molecule has 338 valence electrons. The first-order chi connectivity index (χ1) is 35.5. The van der Waals surface area contributed by atoms with Crippen LogP contribution in [0.5, 0.6) is 0 Å². The molecule has 72 heavy (non-hydrogen) atoms. The van der Waals surface area contributed by atoms with E-state index in [0.717, 1.165) is 22.7 Å². The fraction of sp³-hybridized carbons (Fsp3) is 0.0571. The number of rotatable bonds is 6. The summed E-state index contributed by atoms with van der Waals surface area (Å²) in [5.74, 6) is 0. The number of anilines is 3. The predicted molar refractivity (Wildman–Crippen MR) is 300 cm³/mol. The SMILES string of the molecule is CC1(C)c2ccccc2-c2cc3c4c(-c5ccc(N(c6ccc(-c7ccccc7)cc6)c6cccc7c6-c6ccccc6C76c7ccccc7-c7ccccc76)cc5)cccc4n(-c4ccccc4)c3cc21. The molecule has 3 aliphatic rings. The van der Waals surface area contributed by atoms with E-state index in [4.69, 9.17) is 0 Å². The second-order valence-corrected chi connectivity index (χ2v) is 20.3. The molecule has 11 aromatic carbocycles. The Morgan fingerprint density at radius 3 is 1.47 bits per heavy atom. The van der Waals surface area contributed by atoms with Gasteiger partial charge in [-0.15, -0.1) is 0 Å². The van der Waals surface area contributed by atoms with Crippen molar-refractivity contribution in [2.75, 3.05) is 4.90 Å². The number of nitrogens with zero attached hydrogens (tertiary/aromatic N) is 2. The molecule has 0 radical (unpaired) electrons. The first kappa shape index (κ1) is 40.9. The minimum absolute atomic E-state index is 0.113. The minimum atomic E-state index is -0.447. The highest BCUT2D eigenvalue weighted by Crippen LogP contribution is 2.65. The minimum Gasteiger partial charge on any atom is -0.310 e.